The number of carbonyl (C=O) groups is 2. The molecule has 1 saturated heterocycles. The van der Waals surface area contributed by atoms with Gasteiger partial charge in [0, 0.05) is 60.8 Å². The number of nitrogens with one attached hydrogen (secondary N) is 1. The molecule has 9 heteroatoms. The van der Waals surface area contributed by atoms with Gasteiger partial charge in [0.05, 0.1) is 5.39 Å². The smallest absolute Gasteiger partial charge is 0.255 e. The predicted octanol–water partition coefficient (Wildman–Crippen LogP) is 4.99. The Bertz CT molecular complexity index is 1660. The topological polar surface area (TPSA) is 109 Å². The van der Waals surface area contributed by atoms with Gasteiger partial charge in [0.15, 0.2) is 0 Å². The van der Waals surface area contributed by atoms with Crippen LogP contribution in [0.25, 0.3) is 22.2 Å². The van der Waals surface area contributed by atoms with Crippen LogP contribution in [0.4, 0.5) is 11.5 Å². The molecule has 43 heavy (non-hydrogen) atoms. The van der Waals surface area contributed by atoms with Crippen LogP contribution in [0.2, 0.25) is 0 Å². The third-order valence-corrected chi connectivity index (χ3v) is 9.38. The van der Waals surface area contributed by atoms with Crippen LogP contribution in [-0.4, -0.2) is 68.9 Å². The van der Waals surface area contributed by atoms with Crippen molar-refractivity contribution in [3.63, 3.8) is 0 Å². The minimum atomic E-state index is -0.146. The summed E-state index contributed by atoms with van der Waals surface area (Å²) in [5.74, 6) is 1.39. The van der Waals surface area contributed by atoms with Gasteiger partial charge in [-0.25, -0.2) is 9.97 Å². The number of aromatic nitrogens is 3. The number of benzene rings is 2. The number of likely N-dealkylation sites (tertiary alicyclic amines) is 1. The van der Waals surface area contributed by atoms with Crippen LogP contribution in [0.3, 0.4) is 0 Å². The highest BCUT2D eigenvalue weighted by Gasteiger charge is 2.43. The van der Waals surface area contributed by atoms with Gasteiger partial charge in [-0.05, 0) is 74.4 Å². The van der Waals surface area contributed by atoms with E-state index in [1.54, 1.807) is 18.2 Å². The van der Waals surface area contributed by atoms with Gasteiger partial charge in [0.2, 0.25) is 5.91 Å². The van der Waals surface area contributed by atoms with Crippen molar-refractivity contribution in [1.29, 1.82) is 0 Å². The number of nitrogens with zero attached hydrogens (tertiary/aromatic N) is 5. The summed E-state index contributed by atoms with van der Waals surface area (Å²) in [6.45, 7) is 2.45. The van der Waals surface area contributed by atoms with E-state index in [1.165, 1.54) is 19.2 Å². The number of carbonyl (C=O) groups excluding carboxylic acids is 2. The van der Waals surface area contributed by atoms with Gasteiger partial charge in [0.25, 0.3) is 5.91 Å². The Labute approximate surface area is 251 Å². The first-order chi connectivity index (χ1) is 20.9. The summed E-state index contributed by atoms with van der Waals surface area (Å²) in [6.07, 6.45) is 12.0. The van der Waals surface area contributed by atoms with E-state index in [0.29, 0.717) is 29.3 Å². The van der Waals surface area contributed by atoms with Gasteiger partial charge in [-0.15, -0.1) is 0 Å². The van der Waals surface area contributed by atoms with Crippen LogP contribution in [-0.2, 0) is 4.79 Å². The summed E-state index contributed by atoms with van der Waals surface area (Å²) in [4.78, 5) is 38.8. The number of hydrogen-bond donors (Lipinski definition) is 2. The van der Waals surface area contributed by atoms with E-state index in [0.717, 1.165) is 60.3 Å². The van der Waals surface area contributed by atoms with Gasteiger partial charge < -0.3 is 20.5 Å². The zero-order valence-electron chi connectivity index (χ0n) is 24.4. The van der Waals surface area contributed by atoms with Crippen molar-refractivity contribution in [3.05, 3.63) is 84.8 Å². The first kappa shape index (κ1) is 27.3. The highest BCUT2D eigenvalue weighted by molar-refractivity contribution is 6.05. The van der Waals surface area contributed by atoms with E-state index in [1.807, 2.05) is 53.4 Å². The largest absolute Gasteiger partial charge is 0.383 e. The Kier molecular flexibility index (Phi) is 7.18. The minimum absolute atomic E-state index is 0.132. The van der Waals surface area contributed by atoms with E-state index in [2.05, 4.69) is 38.0 Å². The highest BCUT2D eigenvalue weighted by atomic mass is 16.2. The Morgan fingerprint density at radius 3 is 2.44 bits per heavy atom. The molecule has 2 amide bonds. The number of likely N-dealkylation sites (N-methyl/N-ethyl adjacent to an activating group) is 1. The number of amides is 2. The second-order valence-corrected chi connectivity index (χ2v) is 12.3. The lowest BCUT2D eigenvalue weighted by Gasteiger charge is -2.19. The second-order valence-electron chi connectivity index (χ2n) is 12.3. The van der Waals surface area contributed by atoms with Gasteiger partial charge in [-0.1, -0.05) is 36.4 Å². The molecule has 3 heterocycles. The molecule has 0 bridgehead atoms. The van der Waals surface area contributed by atoms with Crippen LogP contribution in [0.15, 0.2) is 79.3 Å². The Balaban J connectivity index is 1.05. The Morgan fingerprint density at radius 2 is 1.74 bits per heavy atom. The summed E-state index contributed by atoms with van der Waals surface area (Å²) in [7, 11) is 2.13. The molecule has 2 unspecified atom stereocenters. The molecule has 3 aliphatic rings. The summed E-state index contributed by atoms with van der Waals surface area (Å²) in [5, 5.41) is 3.81. The standard InChI is InChI=1S/C34H37N7O2/c1-39(27-13-14-27)15-5-8-30(42)40-18-24-16-28(17-25(24)19-40)41-20-29(31-32(35)36-21-37-33(31)41)22-9-11-26(12-10-22)38-34(43)23-6-3-2-4-7-23/h2-12,20-21,24-25,27-28H,13-19H2,1H3,(H,38,43)(H2,35,36,37). The van der Waals surface area contributed by atoms with Crippen molar-refractivity contribution in [2.75, 3.05) is 37.7 Å². The molecule has 3 N–H and O–H groups in total. The number of hydrogen-bond acceptors (Lipinski definition) is 6. The number of nitrogens with two attached hydrogens (primary N) is 1. The van der Waals surface area contributed by atoms with Crippen molar-refractivity contribution in [2.45, 2.75) is 37.8 Å². The average molecular weight is 576 g/mol. The summed E-state index contributed by atoms with van der Waals surface area (Å²) >= 11 is 0. The highest BCUT2D eigenvalue weighted by Crippen LogP contribution is 2.46. The third-order valence-electron chi connectivity index (χ3n) is 9.38. The molecule has 2 atom stereocenters. The maximum absolute atomic E-state index is 12.9. The van der Waals surface area contributed by atoms with E-state index in [9.17, 15) is 9.59 Å². The van der Waals surface area contributed by atoms with Crippen LogP contribution in [0.5, 0.6) is 0 Å². The number of anilines is 2. The van der Waals surface area contributed by atoms with Crippen molar-refractivity contribution < 1.29 is 9.59 Å². The van der Waals surface area contributed by atoms with Crippen LogP contribution >= 0.6 is 0 Å². The molecule has 2 saturated carbocycles. The van der Waals surface area contributed by atoms with E-state index in [-0.39, 0.29) is 17.9 Å². The predicted molar refractivity (Wildman–Crippen MR) is 168 cm³/mol. The molecule has 0 spiro atoms. The maximum Gasteiger partial charge on any atom is 0.255 e. The third kappa shape index (κ3) is 5.52. The van der Waals surface area contributed by atoms with Crippen molar-refractivity contribution >= 4 is 34.4 Å². The molecule has 9 nitrogen and oxygen atoms in total. The fourth-order valence-electron chi connectivity index (χ4n) is 6.90. The zero-order valence-corrected chi connectivity index (χ0v) is 24.4. The number of rotatable bonds is 8. The number of fused-ring (bicyclic) bond motifs is 2. The monoisotopic (exact) mass is 575 g/mol. The Hall–Kier alpha value is -4.50. The molecule has 1 aliphatic heterocycles. The lowest BCUT2D eigenvalue weighted by atomic mass is 10.0. The normalized spacial score (nSPS) is 21.6. The molecule has 2 aliphatic carbocycles. The summed E-state index contributed by atoms with van der Waals surface area (Å²) in [6, 6.07) is 18.0. The molecule has 4 aromatic rings. The second kappa shape index (κ2) is 11.3. The summed E-state index contributed by atoms with van der Waals surface area (Å²) < 4.78 is 2.27. The fraction of sp³-hybridized carbons (Fsp3) is 0.353. The number of nitrogen functional groups attached to an aromatic ring is 1. The van der Waals surface area contributed by atoms with Gasteiger partial charge >= 0.3 is 0 Å². The minimum Gasteiger partial charge on any atom is -0.383 e. The van der Waals surface area contributed by atoms with Crippen molar-refractivity contribution in [2.24, 2.45) is 11.8 Å². The molecular formula is C34H37N7O2. The quantitative estimate of drug-likeness (QED) is 0.287. The molecule has 220 valence electrons. The maximum atomic E-state index is 12.9. The molecule has 7 rings (SSSR count). The van der Waals surface area contributed by atoms with E-state index >= 15 is 0 Å². The van der Waals surface area contributed by atoms with Crippen molar-refractivity contribution in [1.82, 2.24) is 24.3 Å². The Morgan fingerprint density at radius 1 is 1.02 bits per heavy atom. The van der Waals surface area contributed by atoms with Crippen LogP contribution < -0.4 is 11.1 Å². The first-order valence-electron chi connectivity index (χ1n) is 15.2. The zero-order chi connectivity index (χ0) is 29.5. The molecule has 3 fully saturated rings. The average Bonchev–Trinajstić information content (AvgIpc) is 3.52. The van der Waals surface area contributed by atoms with Gasteiger partial charge in [0.1, 0.15) is 17.8 Å². The SMILES string of the molecule is CN(CC=CC(=O)N1CC2CC(n3cc(-c4ccc(NC(=O)c5ccccc5)cc4)c4c(N)ncnc43)CC2C1)C1CC1. The first-order valence-corrected chi connectivity index (χ1v) is 15.2. The fourth-order valence-corrected chi connectivity index (χ4v) is 6.90. The lowest BCUT2D eigenvalue weighted by molar-refractivity contribution is -0.125. The van der Waals surface area contributed by atoms with Crippen LogP contribution in [0.1, 0.15) is 42.1 Å². The molecule has 2 aromatic carbocycles. The molecular weight excluding hydrogens is 538 g/mol. The molecule has 2 aromatic heterocycles. The van der Waals surface area contributed by atoms with Crippen LogP contribution in [0, 0.1) is 11.8 Å². The summed E-state index contributed by atoms with van der Waals surface area (Å²) in [5.41, 5.74) is 10.5. The lowest BCUT2D eigenvalue weighted by Crippen LogP contribution is -2.29. The van der Waals surface area contributed by atoms with E-state index < -0.39 is 0 Å². The van der Waals surface area contributed by atoms with E-state index in [4.69, 9.17) is 5.73 Å². The van der Waals surface area contributed by atoms with Gasteiger partial charge in [-0.2, -0.15) is 0 Å². The van der Waals surface area contributed by atoms with Gasteiger partial charge in [-0.3, -0.25) is 14.5 Å². The molecule has 0 radical (unpaired) electrons. The van der Waals surface area contributed by atoms with Crippen molar-refractivity contribution in [3.8, 4) is 11.1 Å².